The second kappa shape index (κ2) is 11.3. The quantitative estimate of drug-likeness (QED) is 0.263. The van der Waals surface area contributed by atoms with Crippen LogP contribution in [-0.4, -0.2) is 65.6 Å². The van der Waals surface area contributed by atoms with E-state index in [1.165, 1.54) is 12.7 Å². The van der Waals surface area contributed by atoms with Gasteiger partial charge in [-0.1, -0.05) is 6.07 Å². The molecule has 0 saturated heterocycles. The Labute approximate surface area is 213 Å². The minimum atomic E-state index is -0.327. The molecule has 2 aromatic rings. The topological polar surface area (TPSA) is 63.2 Å². The lowest BCUT2D eigenvalue weighted by atomic mass is 9.85. The Kier molecular flexibility index (Phi) is 9.25. The molecule has 0 radical (unpaired) electrons. The summed E-state index contributed by atoms with van der Waals surface area (Å²) in [5.74, 6) is 2.56. The third-order valence-corrected chi connectivity index (χ3v) is 6.88. The highest BCUT2D eigenvalue weighted by atomic mass is 127. The zero-order valence-electron chi connectivity index (χ0n) is 20.4. The lowest BCUT2D eigenvalue weighted by Crippen LogP contribution is -3.00. The van der Waals surface area contributed by atoms with Crippen molar-refractivity contribution in [3.63, 3.8) is 0 Å². The van der Waals surface area contributed by atoms with E-state index in [0.29, 0.717) is 33.9 Å². The van der Waals surface area contributed by atoms with Crippen LogP contribution in [0.3, 0.4) is 0 Å². The van der Waals surface area contributed by atoms with Gasteiger partial charge in [-0.3, -0.25) is 0 Å². The van der Waals surface area contributed by atoms with Crippen LogP contribution in [0.2, 0.25) is 0 Å². The van der Waals surface area contributed by atoms with Crippen LogP contribution in [0.25, 0.3) is 0 Å². The van der Waals surface area contributed by atoms with E-state index in [-0.39, 0.29) is 42.0 Å². The summed E-state index contributed by atoms with van der Waals surface area (Å²) in [6, 6.07) is 9.75. The lowest BCUT2D eigenvalue weighted by Gasteiger charge is -2.48. The summed E-state index contributed by atoms with van der Waals surface area (Å²) < 4.78 is 27.7. The number of halogens is 1. The Morgan fingerprint density at radius 2 is 1.52 bits per heavy atom. The molecule has 7 nitrogen and oxygen atoms in total. The predicted octanol–water partition coefficient (Wildman–Crippen LogP) is 0.573. The average Bonchev–Trinajstić information content (AvgIpc) is 2.83. The summed E-state index contributed by atoms with van der Waals surface area (Å²) in [7, 11) is 10.1. The molecule has 0 bridgehead atoms. The standard InChI is InChI=1S/C25H34NO6.HI/c1-16(25(27)32-7)26(2)11-10-18-14-23(30-5)24(31-6)15-19(18)20(26)12-17-8-9-21(28-3)22(13-17)29-4;/h8-9,13-16,20H,10-12H2,1-7H3;1H/q+1;/p-1/t16?,20-,26?;/m1./s1. The highest BCUT2D eigenvalue weighted by Crippen LogP contribution is 2.44. The summed E-state index contributed by atoms with van der Waals surface area (Å²) in [5, 5.41) is 0. The number of esters is 1. The molecule has 0 fully saturated rings. The van der Waals surface area contributed by atoms with Crippen LogP contribution < -0.4 is 42.9 Å². The maximum Gasteiger partial charge on any atom is 0.364 e. The van der Waals surface area contributed by atoms with Crippen molar-refractivity contribution >= 4 is 5.97 Å². The van der Waals surface area contributed by atoms with Crippen molar-refractivity contribution in [2.75, 3.05) is 49.1 Å². The maximum atomic E-state index is 12.6. The van der Waals surface area contributed by atoms with Crippen molar-refractivity contribution in [3.05, 3.63) is 47.0 Å². The lowest BCUT2D eigenvalue weighted by molar-refractivity contribution is -0.954. The highest BCUT2D eigenvalue weighted by molar-refractivity contribution is 5.74. The number of nitrogens with zero attached hydrogens (tertiary/aromatic N) is 1. The molecule has 3 atom stereocenters. The van der Waals surface area contributed by atoms with Gasteiger partial charge in [-0.05, 0) is 42.3 Å². The van der Waals surface area contributed by atoms with E-state index in [0.717, 1.165) is 24.1 Å². The van der Waals surface area contributed by atoms with Crippen LogP contribution in [0, 0.1) is 0 Å². The van der Waals surface area contributed by atoms with Gasteiger partial charge in [0.2, 0.25) is 0 Å². The van der Waals surface area contributed by atoms with Gasteiger partial charge in [-0.2, -0.15) is 0 Å². The van der Waals surface area contributed by atoms with Gasteiger partial charge in [0.05, 0.1) is 49.1 Å². The van der Waals surface area contributed by atoms with E-state index in [4.69, 9.17) is 23.7 Å². The molecule has 0 spiro atoms. The van der Waals surface area contributed by atoms with E-state index < -0.39 is 0 Å². The molecule has 8 heteroatoms. The number of likely N-dealkylation sites (N-methyl/N-ethyl adjacent to an activating group) is 1. The van der Waals surface area contributed by atoms with Crippen LogP contribution in [-0.2, 0) is 22.4 Å². The van der Waals surface area contributed by atoms with Crippen molar-refractivity contribution in [2.45, 2.75) is 31.8 Å². The average molecular weight is 571 g/mol. The molecular formula is C25H34INO6. The molecule has 182 valence electrons. The fraction of sp³-hybridized carbons (Fsp3) is 0.480. The summed E-state index contributed by atoms with van der Waals surface area (Å²) >= 11 is 0. The molecule has 2 unspecified atom stereocenters. The van der Waals surface area contributed by atoms with Crippen molar-refractivity contribution in [1.82, 2.24) is 0 Å². The van der Waals surface area contributed by atoms with Gasteiger partial charge >= 0.3 is 5.97 Å². The smallest absolute Gasteiger partial charge is 0.364 e. The monoisotopic (exact) mass is 571 g/mol. The first-order valence-corrected chi connectivity index (χ1v) is 10.7. The van der Waals surface area contributed by atoms with Gasteiger partial charge in [0.25, 0.3) is 0 Å². The number of quaternary nitrogens is 1. The normalized spacial score (nSPS) is 20.0. The van der Waals surface area contributed by atoms with E-state index in [9.17, 15) is 4.79 Å². The number of hydrogen-bond donors (Lipinski definition) is 0. The maximum absolute atomic E-state index is 12.6. The third kappa shape index (κ3) is 5.16. The van der Waals surface area contributed by atoms with Crippen LogP contribution in [0.1, 0.15) is 29.7 Å². The Hall–Kier alpha value is -2.20. The number of hydrogen-bond acceptors (Lipinski definition) is 6. The van der Waals surface area contributed by atoms with Gasteiger partial charge < -0.3 is 52.1 Å². The highest BCUT2D eigenvalue weighted by Gasteiger charge is 2.46. The Balaban J connectivity index is 0.00000385. The van der Waals surface area contributed by atoms with Crippen molar-refractivity contribution in [2.24, 2.45) is 0 Å². The van der Waals surface area contributed by atoms with Gasteiger partial charge in [0, 0.05) is 18.4 Å². The van der Waals surface area contributed by atoms with Crippen LogP contribution >= 0.6 is 0 Å². The van der Waals surface area contributed by atoms with Gasteiger partial charge in [-0.25, -0.2) is 4.79 Å². The van der Waals surface area contributed by atoms with E-state index in [1.807, 2.05) is 25.1 Å². The van der Waals surface area contributed by atoms with Gasteiger partial charge in [0.15, 0.2) is 29.0 Å². The first-order valence-electron chi connectivity index (χ1n) is 10.7. The minimum Gasteiger partial charge on any atom is -1.00 e. The number of benzene rings is 2. The molecule has 3 rings (SSSR count). The van der Waals surface area contributed by atoms with Crippen molar-refractivity contribution in [1.29, 1.82) is 0 Å². The molecule has 1 aliphatic heterocycles. The zero-order chi connectivity index (χ0) is 23.5. The Morgan fingerprint density at radius 3 is 2.09 bits per heavy atom. The summed E-state index contributed by atoms with van der Waals surface area (Å²) in [5.41, 5.74) is 3.46. The number of rotatable bonds is 8. The first-order chi connectivity index (χ1) is 15.3. The summed E-state index contributed by atoms with van der Waals surface area (Å²) in [4.78, 5) is 12.6. The SMILES string of the molecule is COC(=O)C(C)[N+]1(C)CCc2cc(OC)c(OC)cc2[C@H]1Cc1ccc(OC)c(OC)c1.[I-]. The number of carbonyl (C=O) groups is 1. The molecular weight excluding hydrogens is 537 g/mol. The first kappa shape index (κ1) is 27.0. The van der Waals surface area contributed by atoms with E-state index in [2.05, 4.69) is 19.2 Å². The summed E-state index contributed by atoms with van der Waals surface area (Å²) in [6.45, 7) is 2.75. The Morgan fingerprint density at radius 1 is 0.939 bits per heavy atom. The van der Waals surface area contributed by atoms with Crippen molar-refractivity contribution in [3.8, 4) is 23.0 Å². The van der Waals surface area contributed by atoms with Gasteiger partial charge in [-0.15, -0.1) is 0 Å². The molecule has 0 aromatic heterocycles. The van der Waals surface area contributed by atoms with Crippen LogP contribution in [0.15, 0.2) is 30.3 Å². The molecule has 1 aliphatic rings. The van der Waals surface area contributed by atoms with Crippen LogP contribution in [0.5, 0.6) is 23.0 Å². The van der Waals surface area contributed by atoms with Gasteiger partial charge in [0.1, 0.15) is 6.04 Å². The molecule has 0 saturated carbocycles. The molecule has 0 amide bonds. The fourth-order valence-corrected chi connectivity index (χ4v) is 4.72. The van der Waals surface area contributed by atoms with E-state index >= 15 is 0 Å². The molecule has 0 aliphatic carbocycles. The number of methoxy groups -OCH3 is 5. The minimum absolute atomic E-state index is 0. The molecule has 0 N–H and O–H groups in total. The number of ether oxygens (including phenoxy) is 5. The van der Waals surface area contributed by atoms with Crippen molar-refractivity contribution < 1.29 is 56.9 Å². The summed E-state index contributed by atoms with van der Waals surface area (Å²) in [6.07, 6.45) is 1.54. The van der Waals surface area contributed by atoms with E-state index in [1.54, 1.807) is 28.4 Å². The zero-order valence-corrected chi connectivity index (χ0v) is 22.6. The van der Waals surface area contributed by atoms with Crippen LogP contribution in [0.4, 0.5) is 0 Å². The molecule has 33 heavy (non-hydrogen) atoms. The second-order valence-corrected chi connectivity index (χ2v) is 8.33. The number of fused-ring (bicyclic) bond motifs is 1. The largest absolute Gasteiger partial charge is 1.00 e. The predicted molar refractivity (Wildman–Crippen MR) is 122 cm³/mol. The Bertz CT molecular complexity index is 982. The third-order valence-electron chi connectivity index (χ3n) is 6.88. The fourth-order valence-electron chi connectivity index (χ4n) is 4.72. The molecule has 1 heterocycles. The molecule has 2 aromatic carbocycles. The number of carbonyl (C=O) groups excluding carboxylic acids is 1. The second-order valence-electron chi connectivity index (χ2n) is 8.33.